The number of benzene rings is 1. The van der Waals surface area contributed by atoms with Crippen molar-refractivity contribution < 1.29 is 4.79 Å². The van der Waals surface area contributed by atoms with Crippen molar-refractivity contribution in [1.82, 2.24) is 0 Å². The number of nitrogens with two attached hydrogens (primary N) is 1. The predicted molar refractivity (Wildman–Crippen MR) is 69.7 cm³/mol. The number of hydrogen-bond donors (Lipinski definition) is 1. The van der Waals surface area contributed by atoms with E-state index in [1.54, 1.807) is 23.7 Å². The van der Waals surface area contributed by atoms with Gasteiger partial charge in [-0.15, -0.1) is 11.8 Å². The summed E-state index contributed by atoms with van der Waals surface area (Å²) in [5.74, 6) is 1.26. The van der Waals surface area contributed by atoms with E-state index >= 15 is 0 Å². The second-order valence-electron chi connectivity index (χ2n) is 3.96. The third-order valence-electron chi connectivity index (χ3n) is 2.83. The Labute approximate surface area is 100.0 Å². The molecule has 2 rings (SSSR count). The summed E-state index contributed by atoms with van der Waals surface area (Å²) in [6.07, 6.45) is 2.12. The quantitative estimate of drug-likeness (QED) is 0.800. The van der Waals surface area contributed by atoms with E-state index in [-0.39, 0.29) is 11.2 Å². The molecule has 1 atom stereocenters. The molecule has 1 fully saturated rings. The van der Waals surface area contributed by atoms with Crippen LogP contribution in [0.4, 0.5) is 11.4 Å². The maximum absolute atomic E-state index is 12.1. The minimum atomic E-state index is 0.115. The molecule has 1 heterocycles. The van der Waals surface area contributed by atoms with Crippen molar-refractivity contribution in [3.63, 3.8) is 0 Å². The van der Waals surface area contributed by atoms with Gasteiger partial charge in [-0.2, -0.15) is 0 Å². The molecule has 0 aromatic heterocycles. The van der Waals surface area contributed by atoms with Crippen LogP contribution in [0.15, 0.2) is 24.3 Å². The van der Waals surface area contributed by atoms with Crippen molar-refractivity contribution >= 4 is 29.0 Å². The highest BCUT2D eigenvalue weighted by atomic mass is 32.2. The summed E-state index contributed by atoms with van der Waals surface area (Å²) in [5, 5.41) is 0.115. The Hall–Kier alpha value is -1.16. The zero-order valence-electron chi connectivity index (χ0n) is 9.35. The van der Waals surface area contributed by atoms with Crippen LogP contribution in [0.3, 0.4) is 0 Å². The molecule has 1 aliphatic rings. The Balaban J connectivity index is 2.15. The molecular weight excluding hydrogens is 220 g/mol. The van der Waals surface area contributed by atoms with E-state index in [1.807, 2.05) is 24.3 Å². The van der Waals surface area contributed by atoms with E-state index in [0.29, 0.717) is 5.69 Å². The second kappa shape index (κ2) is 4.78. The predicted octanol–water partition coefficient (Wildman–Crippen LogP) is 2.13. The molecule has 1 aromatic rings. The van der Waals surface area contributed by atoms with Gasteiger partial charge in [-0.3, -0.25) is 4.79 Å². The van der Waals surface area contributed by atoms with E-state index in [0.717, 1.165) is 24.3 Å². The first kappa shape index (κ1) is 11.3. The van der Waals surface area contributed by atoms with E-state index in [2.05, 4.69) is 0 Å². The molecular formula is C12H16N2OS. The van der Waals surface area contributed by atoms with E-state index in [4.69, 9.17) is 5.73 Å². The normalized spacial score (nSPS) is 19.7. The Kier molecular flexibility index (Phi) is 3.39. The summed E-state index contributed by atoms with van der Waals surface area (Å²) >= 11 is 1.75. The summed E-state index contributed by atoms with van der Waals surface area (Å²) < 4.78 is 0. The lowest BCUT2D eigenvalue weighted by Crippen LogP contribution is -2.33. The monoisotopic (exact) mass is 236 g/mol. The molecule has 2 N–H and O–H groups in total. The summed E-state index contributed by atoms with van der Waals surface area (Å²) in [5.41, 5.74) is 7.32. The number of carbonyl (C=O) groups is 1. The largest absolute Gasteiger partial charge is 0.397 e. The van der Waals surface area contributed by atoms with Crippen molar-refractivity contribution in [2.45, 2.75) is 18.1 Å². The number of hydrogen-bond acceptors (Lipinski definition) is 3. The molecule has 3 nitrogen and oxygen atoms in total. The maximum Gasteiger partial charge on any atom is 0.239 e. The minimum Gasteiger partial charge on any atom is -0.397 e. The highest BCUT2D eigenvalue weighted by molar-refractivity contribution is 8.00. The van der Waals surface area contributed by atoms with Gasteiger partial charge < -0.3 is 10.6 Å². The number of nitrogens with zero attached hydrogens (tertiary/aromatic N) is 1. The minimum absolute atomic E-state index is 0.115. The van der Waals surface area contributed by atoms with Gasteiger partial charge in [-0.05, 0) is 30.7 Å². The fourth-order valence-corrected chi connectivity index (χ4v) is 3.15. The van der Waals surface area contributed by atoms with Crippen molar-refractivity contribution in [1.29, 1.82) is 0 Å². The second-order valence-corrected chi connectivity index (χ2v) is 5.27. The fraction of sp³-hybridized carbons (Fsp3) is 0.417. The fourth-order valence-electron chi connectivity index (χ4n) is 1.90. The SMILES string of the molecule is CN(C(=O)C1CCCS1)c1ccccc1N. The number of thioether (sulfide) groups is 1. The summed E-state index contributed by atoms with van der Waals surface area (Å²) in [7, 11) is 1.80. The van der Waals surface area contributed by atoms with E-state index < -0.39 is 0 Å². The Bertz CT molecular complexity index is 388. The summed E-state index contributed by atoms with van der Waals surface area (Å²) in [6.45, 7) is 0. The van der Waals surface area contributed by atoms with Gasteiger partial charge in [0.2, 0.25) is 5.91 Å². The lowest BCUT2D eigenvalue weighted by molar-refractivity contribution is -0.117. The van der Waals surface area contributed by atoms with Gasteiger partial charge in [-0.25, -0.2) is 0 Å². The van der Waals surface area contributed by atoms with Gasteiger partial charge in [0.05, 0.1) is 16.6 Å². The zero-order valence-corrected chi connectivity index (χ0v) is 10.2. The lowest BCUT2D eigenvalue weighted by atomic mass is 10.2. The van der Waals surface area contributed by atoms with Gasteiger partial charge >= 0.3 is 0 Å². The van der Waals surface area contributed by atoms with Crippen LogP contribution >= 0.6 is 11.8 Å². The Morgan fingerprint density at radius 2 is 2.25 bits per heavy atom. The smallest absolute Gasteiger partial charge is 0.239 e. The molecule has 0 bridgehead atoms. The van der Waals surface area contributed by atoms with Crippen LogP contribution in [0.5, 0.6) is 0 Å². The molecule has 16 heavy (non-hydrogen) atoms. The highest BCUT2D eigenvalue weighted by Crippen LogP contribution is 2.30. The van der Waals surface area contributed by atoms with Gasteiger partial charge in [0.1, 0.15) is 0 Å². The maximum atomic E-state index is 12.1. The van der Waals surface area contributed by atoms with Crippen LogP contribution in [0, 0.1) is 0 Å². The van der Waals surface area contributed by atoms with Crippen LogP contribution in [0.2, 0.25) is 0 Å². The van der Waals surface area contributed by atoms with E-state index in [1.165, 1.54) is 0 Å². The lowest BCUT2D eigenvalue weighted by Gasteiger charge is -2.21. The summed E-state index contributed by atoms with van der Waals surface area (Å²) in [6, 6.07) is 7.48. The van der Waals surface area contributed by atoms with Crippen LogP contribution in [0.25, 0.3) is 0 Å². The van der Waals surface area contributed by atoms with Crippen molar-refractivity contribution in [3.8, 4) is 0 Å². The number of para-hydroxylation sites is 2. The number of amides is 1. The topological polar surface area (TPSA) is 46.3 Å². The third kappa shape index (κ3) is 2.16. The van der Waals surface area contributed by atoms with Gasteiger partial charge in [-0.1, -0.05) is 12.1 Å². The van der Waals surface area contributed by atoms with Gasteiger partial charge in [0, 0.05) is 7.05 Å². The van der Waals surface area contributed by atoms with Crippen molar-refractivity contribution in [3.05, 3.63) is 24.3 Å². The molecule has 0 saturated carbocycles. The molecule has 0 radical (unpaired) electrons. The molecule has 1 aromatic carbocycles. The van der Waals surface area contributed by atoms with Gasteiger partial charge in [0.15, 0.2) is 0 Å². The Morgan fingerprint density at radius 3 is 2.88 bits per heavy atom. The summed E-state index contributed by atoms with van der Waals surface area (Å²) in [4.78, 5) is 13.8. The molecule has 1 saturated heterocycles. The van der Waals surface area contributed by atoms with Crippen molar-refractivity contribution in [2.75, 3.05) is 23.4 Å². The first-order valence-electron chi connectivity index (χ1n) is 5.44. The molecule has 86 valence electrons. The molecule has 1 aliphatic heterocycles. The zero-order chi connectivity index (χ0) is 11.5. The van der Waals surface area contributed by atoms with Crippen LogP contribution < -0.4 is 10.6 Å². The number of carbonyl (C=O) groups excluding carboxylic acids is 1. The molecule has 0 spiro atoms. The molecule has 0 aliphatic carbocycles. The molecule has 1 unspecified atom stereocenters. The molecule has 4 heteroatoms. The van der Waals surface area contributed by atoms with Crippen LogP contribution in [-0.4, -0.2) is 24.0 Å². The average molecular weight is 236 g/mol. The van der Waals surface area contributed by atoms with Crippen LogP contribution in [0.1, 0.15) is 12.8 Å². The Morgan fingerprint density at radius 1 is 1.50 bits per heavy atom. The first-order chi connectivity index (χ1) is 7.70. The van der Waals surface area contributed by atoms with Crippen molar-refractivity contribution in [2.24, 2.45) is 0 Å². The number of rotatable bonds is 2. The number of nitrogen functional groups attached to an aromatic ring is 1. The highest BCUT2D eigenvalue weighted by Gasteiger charge is 2.27. The standard InChI is InChI=1S/C12H16N2OS/c1-14(10-6-3-2-5-9(10)13)12(15)11-7-4-8-16-11/h2-3,5-6,11H,4,7-8,13H2,1H3. The average Bonchev–Trinajstić information content (AvgIpc) is 2.81. The van der Waals surface area contributed by atoms with Crippen LogP contribution in [-0.2, 0) is 4.79 Å². The molecule has 1 amide bonds. The number of anilines is 2. The van der Waals surface area contributed by atoms with E-state index in [9.17, 15) is 4.79 Å². The third-order valence-corrected chi connectivity index (χ3v) is 4.20. The van der Waals surface area contributed by atoms with Gasteiger partial charge in [0.25, 0.3) is 0 Å². The first-order valence-corrected chi connectivity index (χ1v) is 6.48.